The summed E-state index contributed by atoms with van der Waals surface area (Å²) in [5.74, 6) is -0.711. The van der Waals surface area contributed by atoms with Crippen molar-refractivity contribution in [3.63, 3.8) is 0 Å². The number of nitrogens with one attached hydrogen (secondary N) is 1. The van der Waals surface area contributed by atoms with Crippen LogP contribution in [0.4, 0.5) is 5.82 Å². The molecule has 0 spiro atoms. The number of hydrogen-bond donors (Lipinski definition) is 3. The van der Waals surface area contributed by atoms with Gasteiger partial charge in [0.25, 0.3) is 0 Å². The Balaban J connectivity index is 2.39. The van der Waals surface area contributed by atoms with E-state index >= 15 is 0 Å². The van der Waals surface area contributed by atoms with Crippen molar-refractivity contribution in [1.82, 2.24) is 19.6 Å². The fraction of sp³-hybridized carbons (Fsp3) is 0.250. The molecule has 16 heavy (non-hydrogen) atoms. The second-order valence-electron chi connectivity index (χ2n) is 3.23. The summed E-state index contributed by atoms with van der Waals surface area (Å²) in [6.07, 6.45) is 2.71. The molecule has 0 bridgehead atoms. The number of anilines is 1. The van der Waals surface area contributed by atoms with Crippen LogP contribution in [0.1, 0.15) is 6.92 Å². The molecule has 0 aliphatic rings. The maximum absolute atomic E-state index is 10.7. The van der Waals surface area contributed by atoms with E-state index in [0.717, 1.165) is 0 Å². The summed E-state index contributed by atoms with van der Waals surface area (Å²) >= 11 is 0. The Morgan fingerprint density at radius 3 is 3.00 bits per heavy atom. The van der Waals surface area contributed by atoms with Crippen molar-refractivity contribution in [3.8, 4) is 0 Å². The van der Waals surface area contributed by atoms with Gasteiger partial charge in [0.1, 0.15) is 18.7 Å². The van der Waals surface area contributed by atoms with Crippen molar-refractivity contribution in [3.05, 3.63) is 12.7 Å². The van der Waals surface area contributed by atoms with E-state index in [1.54, 1.807) is 0 Å². The Hall–Kier alpha value is -2.38. The van der Waals surface area contributed by atoms with Crippen molar-refractivity contribution in [1.29, 1.82) is 0 Å². The summed E-state index contributed by atoms with van der Waals surface area (Å²) in [6, 6.07) is -0.756. The smallest absolute Gasteiger partial charge is 0.327 e. The predicted octanol–water partition coefficient (Wildman–Crippen LogP) is -0.575. The highest BCUT2D eigenvalue weighted by Crippen LogP contribution is 2.12. The SMILES string of the molecule is C[C@H](Nn1cnc2c(N)ncnc21)C(=O)O. The Labute approximate surface area is 90.1 Å². The first-order valence-electron chi connectivity index (χ1n) is 4.52. The molecule has 84 valence electrons. The molecular weight excluding hydrogens is 212 g/mol. The Morgan fingerprint density at radius 2 is 2.31 bits per heavy atom. The van der Waals surface area contributed by atoms with Gasteiger partial charge in [0, 0.05) is 0 Å². The van der Waals surface area contributed by atoms with E-state index in [-0.39, 0.29) is 5.82 Å². The molecule has 2 heterocycles. The van der Waals surface area contributed by atoms with Gasteiger partial charge in [-0.2, -0.15) is 0 Å². The van der Waals surface area contributed by atoms with Gasteiger partial charge >= 0.3 is 5.97 Å². The molecule has 8 nitrogen and oxygen atoms in total. The standard InChI is InChI=1S/C8H10N6O2/c1-4(8(15)16)13-14-3-12-5-6(9)10-2-11-7(5)14/h2-4,13H,1H3,(H,15,16)(H2,9,10,11)/t4-/m0/s1. The summed E-state index contributed by atoms with van der Waals surface area (Å²) in [5, 5.41) is 8.75. The maximum atomic E-state index is 10.7. The summed E-state index contributed by atoms with van der Waals surface area (Å²) in [5.41, 5.74) is 9.17. The number of aromatic nitrogens is 4. The molecule has 0 fully saturated rings. The van der Waals surface area contributed by atoms with Crippen LogP contribution in [-0.2, 0) is 4.79 Å². The van der Waals surface area contributed by atoms with Crippen molar-refractivity contribution < 1.29 is 9.90 Å². The van der Waals surface area contributed by atoms with Gasteiger partial charge in [-0.15, -0.1) is 0 Å². The van der Waals surface area contributed by atoms with Gasteiger partial charge in [-0.25, -0.2) is 24.4 Å². The molecule has 0 aliphatic carbocycles. The number of rotatable bonds is 3. The van der Waals surface area contributed by atoms with E-state index < -0.39 is 12.0 Å². The van der Waals surface area contributed by atoms with E-state index in [4.69, 9.17) is 10.8 Å². The zero-order valence-electron chi connectivity index (χ0n) is 8.45. The molecule has 2 aromatic heterocycles. The summed E-state index contributed by atoms with van der Waals surface area (Å²) in [4.78, 5) is 22.4. The monoisotopic (exact) mass is 222 g/mol. The summed E-state index contributed by atoms with van der Waals surface area (Å²) in [6.45, 7) is 1.51. The lowest BCUT2D eigenvalue weighted by Crippen LogP contribution is -2.32. The average molecular weight is 222 g/mol. The highest BCUT2D eigenvalue weighted by Gasteiger charge is 2.13. The highest BCUT2D eigenvalue weighted by molar-refractivity contribution is 5.82. The third-order valence-corrected chi connectivity index (χ3v) is 2.06. The van der Waals surface area contributed by atoms with Crippen LogP contribution < -0.4 is 11.2 Å². The first-order valence-corrected chi connectivity index (χ1v) is 4.52. The van der Waals surface area contributed by atoms with Crippen LogP contribution in [0.15, 0.2) is 12.7 Å². The zero-order chi connectivity index (χ0) is 11.7. The Kier molecular flexibility index (Phi) is 2.31. The number of imidazole rings is 1. The second-order valence-corrected chi connectivity index (χ2v) is 3.23. The van der Waals surface area contributed by atoms with E-state index in [2.05, 4.69) is 20.4 Å². The minimum Gasteiger partial charge on any atom is -0.480 e. The van der Waals surface area contributed by atoms with E-state index in [1.807, 2.05) is 0 Å². The van der Waals surface area contributed by atoms with E-state index in [1.165, 1.54) is 24.3 Å². The summed E-state index contributed by atoms with van der Waals surface area (Å²) < 4.78 is 1.41. The molecule has 0 unspecified atom stereocenters. The molecule has 0 saturated heterocycles. The van der Waals surface area contributed by atoms with Crippen molar-refractivity contribution >= 4 is 23.0 Å². The van der Waals surface area contributed by atoms with Crippen LogP contribution in [0.5, 0.6) is 0 Å². The molecule has 2 aromatic rings. The van der Waals surface area contributed by atoms with Gasteiger partial charge < -0.3 is 16.3 Å². The van der Waals surface area contributed by atoms with Crippen LogP contribution in [0.25, 0.3) is 11.2 Å². The fourth-order valence-electron chi connectivity index (χ4n) is 1.21. The Morgan fingerprint density at radius 1 is 1.56 bits per heavy atom. The van der Waals surface area contributed by atoms with E-state index in [9.17, 15) is 4.79 Å². The van der Waals surface area contributed by atoms with Gasteiger partial charge in [0.15, 0.2) is 17.0 Å². The van der Waals surface area contributed by atoms with Crippen molar-refractivity contribution in [2.75, 3.05) is 11.2 Å². The lowest BCUT2D eigenvalue weighted by Gasteiger charge is -2.11. The lowest BCUT2D eigenvalue weighted by molar-refractivity contribution is -0.137. The third-order valence-electron chi connectivity index (χ3n) is 2.06. The Bertz CT molecular complexity index is 536. The fourth-order valence-corrected chi connectivity index (χ4v) is 1.21. The number of carboxylic acids is 1. The van der Waals surface area contributed by atoms with Gasteiger partial charge in [-0.05, 0) is 6.92 Å². The third kappa shape index (κ3) is 1.60. The molecule has 8 heteroatoms. The molecule has 0 amide bonds. The number of carboxylic acid groups (broad SMARTS) is 1. The number of carbonyl (C=O) groups is 1. The first kappa shape index (κ1) is 10.1. The minimum atomic E-state index is -0.969. The number of hydrogen-bond acceptors (Lipinski definition) is 6. The van der Waals surface area contributed by atoms with Gasteiger partial charge in [0.05, 0.1) is 0 Å². The van der Waals surface area contributed by atoms with Crippen LogP contribution in [0.3, 0.4) is 0 Å². The van der Waals surface area contributed by atoms with Crippen molar-refractivity contribution in [2.45, 2.75) is 13.0 Å². The molecule has 2 rings (SSSR count). The van der Waals surface area contributed by atoms with Crippen molar-refractivity contribution in [2.24, 2.45) is 0 Å². The normalized spacial score (nSPS) is 12.6. The molecule has 0 radical (unpaired) electrons. The van der Waals surface area contributed by atoms with Crippen LogP contribution in [0, 0.1) is 0 Å². The molecular formula is C8H10N6O2. The van der Waals surface area contributed by atoms with Crippen LogP contribution in [-0.4, -0.2) is 36.7 Å². The predicted molar refractivity (Wildman–Crippen MR) is 56.2 cm³/mol. The highest BCUT2D eigenvalue weighted by atomic mass is 16.4. The average Bonchev–Trinajstić information content (AvgIpc) is 2.63. The number of nitrogens with zero attached hydrogens (tertiary/aromatic N) is 4. The van der Waals surface area contributed by atoms with Crippen LogP contribution >= 0.6 is 0 Å². The van der Waals surface area contributed by atoms with Crippen LogP contribution in [0.2, 0.25) is 0 Å². The largest absolute Gasteiger partial charge is 0.480 e. The number of fused-ring (bicyclic) bond motifs is 1. The quantitative estimate of drug-likeness (QED) is 0.635. The molecule has 0 aliphatic heterocycles. The maximum Gasteiger partial charge on any atom is 0.327 e. The second kappa shape index (κ2) is 3.65. The summed E-state index contributed by atoms with van der Waals surface area (Å²) in [7, 11) is 0. The number of nitrogens with two attached hydrogens (primary N) is 1. The van der Waals surface area contributed by atoms with E-state index in [0.29, 0.717) is 11.2 Å². The number of aliphatic carboxylic acids is 1. The lowest BCUT2D eigenvalue weighted by atomic mass is 10.4. The topological polar surface area (TPSA) is 119 Å². The molecule has 0 saturated carbocycles. The first-order chi connectivity index (χ1) is 7.59. The zero-order valence-corrected chi connectivity index (χ0v) is 8.45. The number of nitrogen functional groups attached to an aromatic ring is 1. The van der Waals surface area contributed by atoms with Gasteiger partial charge in [-0.1, -0.05) is 0 Å². The molecule has 1 atom stereocenters. The van der Waals surface area contributed by atoms with Gasteiger partial charge in [0.2, 0.25) is 0 Å². The molecule has 4 N–H and O–H groups in total. The minimum absolute atomic E-state index is 0.258. The molecule has 0 aromatic carbocycles. The van der Waals surface area contributed by atoms with Gasteiger partial charge in [-0.3, -0.25) is 0 Å².